The Hall–Kier alpha value is -3.14. The molecule has 1 aliphatic heterocycles. The van der Waals surface area contributed by atoms with Crippen LogP contribution in [0.2, 0.25) is 0 Å². The quantitative estimate of drug-likeness (QED) is 0.567. The van der Waals surface area contributed by atoms with Crippen LogP contribution in [0.4, 0.5) is 5.69 Å². The van der Waals surface area contributed by atoms with Crippen LogP contribution < -0.4 is 25.6 Å². The van der Waals surface area contributed by atoms with Gasteiger partial charge in [-0.15, -0.1) is 0 Å². The molecule has 0 saturated carbocycles. The molecule has 154 valence electrons. The summed E-state index contributed by atoms with van der Waals surface area (Å²) in [5, 5.41) is 3.91. The Balaban J connectivity index is 1.33. The molecule has 1 saturated heterocycles. The predicted molar refractivity (Wildman–Crippen MR) is 106 cm³/mol. The standard InChI is InChI=1S/C19H24N6O4/c1-22-18(26)16-17(20-19(22)27)25(21-29-16)9-5-8-23-10-12-24(13-11-23)14-6-3-4-7-15(14)28-2/h3-4,6-7H,5,8-13H2,1-2H3/p+1. The Morgan fingerprint density at radius 2 is 1.97 bits per heavy atom. The third-order valence-corrected chi connectivity index (χ3v) is 5.38. The van der Waals surface area contributed by atoms with Crippen molar-refractivity contribution in [3.63, 3.8) is 0 Å². The minimum atomic E-state index is -0.484. The van der Waals surface area contributed by atoms with Gasteiger partial charge in [0.25, 0.3) is 0 Å². The van der Waals surface area contributed by atoms with E-state index in [0.29, 0.717) is 12.2 Å². The molecule has 3 heterocycles. The van der Waals surface area contributed by atoms with E-state index in [1.165, 1.54) is 7.05 Å². The number of para-hydroxylation sites is 2. The van der Waals surface area contributed by atoms with Crippen molar-refractivity contribution in [2.75, 3.05) is 44.7 Å². The van der Waals surface area contributed by atoms with Crippen LogP contribution in [0.25, 0.3) is 11.2 Å². The van der Waals surface area contributed by atoms with Crippen molar-refractivity contribution >= 4 is 16.9 Å². The number of hydrogen-bond donors (Lipinski definition) is 1. The number of ether oxygens (including phenoxy) is 1. The van der Waals surface area contributed by atoms with Gasteiger partial charge in [0.05, 0.1) is 12.8 Å². The summed E-state index contributed by atoms with van der Waals surface area (Å²) in [6.07, 6.45) is 0.832. The van der Waals surface area contributed by atoms with Crippen molar-refractivity contribution in [3.8, 4) is 5.75 Å². The number of anilines is 1. The third-order valence-electron chi connectivity index (χ3n) is 5.38. The lowest BCUT2D eigenvalue weighted by molar-refractivity contribution is -0.742. The number of fused-ring (bicyclic) bond motifs is 1. The third kappa shape index (κ3) is 3.75. The fourth-order valence-corrected chi connectivity index (χ4v) is 3.68. The van der Waals surface area contributed by atoms with Gasteiger partial charge < -0.3 is 14.2 Å². The number of nitrogens with one attached hydrogen (secondary N) is 1. The summed E-state index contributed by atoms with van der Waals surface area (Å²) in [5.74, 6) is 0.899. The molecule has 10 nitrogen and oxygen atoms in total. The Labute approximate surface area is 166 Å². The monoisotopic (exact) mass is 401 g/mol. The number of aromatic nitrogens is 4. The van der Waals surface area contributed by atoms with Crippen LogP contribution in [-0.4, -0.2) is 59.6 Å². The summed E-state index contributed by atoms with van der Waals surface area (Å²) < 4.78 is 13.1. The van der Waals surface area contributed by atoms with E-state index in [1.807, 2.05) is 18.2 Å². The highest BCUT2D eigenvalue weighted by Gasteiger charge is 2.22. The molecule has 29 heavy (non-hydrogen) atoms. The van der Waals surface area contributed by atoms with Gasteiger partial charge in [-0.05, 0) is 12.1 Å². The van der Waals surface area contributed by atoms with E-state index >= 15 is 0 Å². The average molecular weight is 401 g/mol. The number of H-pyrrole nitrogens is 1. The lowest BCUT2D eigenvalue weighted by atomic mass is 10.2. The van der Waals surface area contributed by atoms with E-state index in [1.54, 1.807) is 11.8 Å². The first kappa shape index (κ1) is 19.2. The molecule has 1 aromatic carbocycles. The Kier molecular flexibility index (Phi) is 5.34. The number of benzene rings is 1. The second-order valence-corrected chi connectivity index (χ2v) is 7.12. The van der Waals surface area contributed by atoms with Crippen molar-refractivity contribution in [3.05, 3.63) is 45.1 Å². The topological polar surface area (TPSA) is 100 Å². The van der Waals surface area contributed by atoms with Gasteiger partial charge in [-0.3, -0.25) is 9.69 Å². The average Bonchev–Trinajstić information content (AvgIpc) is 3.15. The molecule has 0 radical (unpaired) electrons. The van der Waals surface area contributed by atoms with Gasteiger partial charge in [-0.25, -0.2) is 9.36 Å². The second-order valence-electron chi connectivity index (χ2n) is 7.12. The van der Waals surface area contributed by atoms with Gasteiger partial charge in [0, 0.05) is 46.2 Å². The fourth-order valence-electron chi connectivity index (χ4n) is 3.68. The molecule has 10 heteroatoms. The Morgan fingerprint density at radius 1 is 1.21 bits per heavy atom. The SMILES string of the molecule is COc1ccccc1N1CCN(CCC[n+]2noc3c(=O)n(C)c(=O)[nH]c32)CC1. The smallest absolute Gasteiger partial charge is 0.416 e. The van der Waals surface area contributed by atoms with Gasteiger partial charge in [0.15, 0.2) is 0 Å². The maximum absolute atomic E-state index is 12.1. The molecule has 0 bridgehead atoms. The van der Waals surface area contributed by atoms with E-state index < -0.39 is 11.2 Å². The molecule has 1 N–H and O–H groups in total. The number of piperazine rings is 1. The van der Waals surface area contributed by atoms with Crippen molar-refractivity contribution in [1.82, 2.24) is 19.7 Å². The zero-order valence-electron chi connectivity index (χ0n) is 16.6. The molecule has 0 aliphatic carbocycles. The summed E-state index contributed by atoms with van der Waals surface area (Å²) in [4.78, 5) is 31.3. The van der Waals surface area contributed by atoms with Crippen LogP contribution in [-0.2, 0) is 13.6 Å². The minimum Gasteiger partial charge on any atom is -0.495 e. The van der Waals surface area contributed by atoms with Crippen LogP contribution in [0.15, 0.2) is 38.4 Å². The van der Waals surface area contributed by atoms with E-state index in [4.69, 9.17) is 9.26 Å². The summed E-state index contributed by atoms with van der Waals surface area (Å²) >= 11 is 0. The number of aromatic amines is 1. The molecular formula is C19H25N6O4+. The number of nitrogens with zero attached hydrogens (tertiary/aromatic N) is 5. The van der Waals surface area contributed by atoms with Gasteiger partial charge in [-0.1, -0.05) is 16.8 Å². The Bertz CT molecular complexity index is 1110. The Morgan fingerprint density at radius 3 is 2.72 bits per heavy atom. The maximum atomic E-state index is 12.1. The summed E-state index contributed by atoms with van der Waals surface area (Å²) in [6, 6.07) is 8.08. The van der Waals surface area contributed by atoms with Gasteiger partial charge in [-0.2, -0.15) is 4.98 Å². The van der Waals surface area contributed by atoms with Crippen molar-refractivity contribution in [1.29, 1.82) is 0 Å². The van der Waals surface area contributed by atoms with E-state index in [-0.39, 0.29) is 5.58 Å². The van der Waals surface area contributed by atoms with E-state index in [2.05, 4.69) is 26.1 Å². The van der Waals surface area contributed by atoms with Crippen molar-refractivity contribution in [2.45, 2.75) is 13.0 Å². The molecular weight excluding hydrogens is 376 g/mol. The predicted octanol–water partition coefficient (Wildman–Crippen LogP) is -0.277. The fraction of sp³-hybridized carbons (Fsp3) is 0.474. The van der Waals surface area contributed by atoms with Crippen LogP contribution in [0, 0.1) is 0 Å². The lowest BCUT2D eigenvalue weighted by Crippen LogP contribution is -2.47. The molecule has 1 aliphatic rings. The summed E-state index contributed by atoms with van der Waals surface area (Å²) in [7, 11) is 3.10. The van der Waals surface area contributed by atoms with Crippen LogP contribution >= 0.6 is 0 Å². The maximum Gasteiger partial charge on any atom is 0.416 e. The van der Waals surface area contributed by atoms with E-state index in [0.717, 1.165) is 55.1 Å². The zero-order chi connectivity index (χ0) is 20.4. The molecule has 2 aromatic heterocycles. The number of hydrogen-bond acceptors (Lipinski definition) is 7. The molecule has 0 atom stereocenters. The highest BCUT2D eigenvalue weighted by atomic mass is 16.5. The number of rotatable bonds is 6. The first-order valence-corrected chi connectivity index (χ1v) is 9.67. The first-order valence-electron chi connectivity index (χ1n) is 9.67. The molecule has 4 rings (SSSR count). The molecule has 0 spiro atoms. The van der Waals surface area contributed by atoms with Crippen molar-refractivity contribution in [2.24, 2.45) is 7.05 Å². The highest BCUT2D eigenvalue weighted by Crippen LogP contribution is 2.28. The lowest BCUT2D eigenvalue weighted by Gasteiger charge is -2.36. The number of aryl methyl sites for hydroxylation is 1. The van der Waals surface area contributed by atoms with Gasteiger partial charge in [0.2, 0.25) is 0 Å². The summed E-state index contributed by atoms with van der Waals surface area (Å²) in [6.45, 7) is 5.24. The van der Waals surface area contributed by atoms with Crippen LogP contribution in [0.5, 0.6) is 5.75 Å². The van der Waals surface area contributed by atoms with Crippen LogP contribution in [0.1, 0.15) is 6.42 Å². The minimum absolute atomic E-state index is 0.0672. The zero-order valence-corrected chi connectivity index (χ0v) is 16.6. The largest absolute Gasteiger partial charge is 0.495 e. The normalized spacial score (nSPS) is 15.2. The first-order chi connectivity index (χ1) is 14.1. The van der Waals surface area contributed by atoms with E-state index in [9.17, 15) is 9.59 Å². The second kappa shape index (κ2) is 8.08. The molecule has 0 amide bonds. The molecule has 3 aromatic rings. The van der Waals surface area contributed by atoms with Gasteiger partial charge >= 0.3 is 22.5 Å². The highest BCUT2D eigenvalue weighted by molar-refractivity contribution is 5.60. The summed E-state index contributed by atoms with van der Waals surface area (Å²) in [5.41, 5.74) is 0.566. The van der Waals surface area contributed by atoms with Crippen molar-refractivity contribution < 1.29 is 13.9 Å². The molecule has 0 unspecified atom stereocenters. The number of methoxy groups -OCH3 is 1. The van der Waals surface area contributed by atoms with Crippen LogP contribution in [0.3, 0.4) is 0 Å². The van der Waals surface area contributed by atoms with Gasteiger partial charge in [0.1, 0.15) is 17.6 Å². The molecule has 1 fully saturated rings.